The van der Waals surface area contributed by atoms with Crippen LogP contribution in [-0.4, -0.2) is 45.2 Å². The molecule has 0 saturated heterocycles. The van der Waals surface area contributed by atoms with Gasteiger partial charge in [-0.1, -0.05) is 28.1 Å². The number of halogens is 4. The van der Waals surface area contributed by atoms with Gasteiger partial charge in [0.05, 0.1) is 12.1 Å². The zero-order valence-electron chi connectivity index (χ0n) is 14.1. The molecule has 0 bridgehead atoms. The Balaban J connectivity index is 2.42. The van der Waals surface area contributed by atoms with Crippen molar-refractivity contribution in [2.45, 2.75) is 44.7 Å². The molecule has 1 N–H and O–H groups in total. The van der Waals surface area contributed by atoms with Crippen LogP contribution < -0.4 is 0 Å². The van der Waals surface area contributed by atoms with Crippen molar-refractivity contribution in [1.82, 2.24) is 5.01 Å². The number of ether oxygens (including phenoxy) is 1. The molecule has 1 aromatic carbocycles. The van der Waals surface area contributed by atoms with Gasteiger partial charge in [-0.3, -0.25) is 4.79 Å². The number of aliphatic hydroxyl groups is 1. The SMILES string of the molecule is CC(C)(C)OC(=O)C(=O)N1N=C(c2ccc(Br)cc2)C[C@]1(O)C(F)(F)F. The van der Waals surface area contributed by atoms with E-state index in [2.05, 4.69) is 21.0 Å². The summed E-state index contributed by atoms with van der Waals surface area (Å²) in [4.78, 5) is 24.1. The second-order valence-corrected chi connectivity index (χ2v) is 7.58. The Kier molecular flexibility index (Phi) is 5.22. The van der Waals surface area contributed by atoms with Gasteiger partial charge in [0.15, 0.2) is 0 Å². The van der Waals surface area contributed by atoms with Crippen molar-refractivity contribution in [2.75, 3.05) is 0 Å². The number of nitrogens with zero attached hydrogens (tertiary/aromatic N) is 2. The number of carbonyl (C=O) groups is 2. The van der Waals surface area contributed by atoms with Gasteiger partial charge in [-0.25, -0.2) is 4.79 Å². The maximum atomic E-state index is 13.4. The van der Waals surface area contributed by atoms with E-state index in [0.717, 1.165) is 0 Å². The molecule has 0 radical (unpaired) electrons. The van der Waals surface area contributed by atoms with Crippen LogP contribution in [0.2, 0.25) is 0 Å². The molecule has 1 aromatic rings. The summed E-state index contributed by atoms with van der Waals surface area (Å²) in [5.74, 6) is -3.24. The minimum absolute atomic E-state index is 0.186. The van der Waals surface area contributed by atoms with Crippen molar-refractivity contribution in [3.8, 4) is 0 Å². The van der Waals surface area contributed by atoms with E-state index in [1.165, 1.54) is 32.9 Å². The second-order valence-electron chi connectivity index (χ2n) is 6.66. The molecule has 10 heteroatoms. The minimum Gasteiger partial charge on any atom is -0.453 e. The highest BCUT2D eigenvalue weighted by Gasteiger charge is 2.64. The number of benzene rings is 1. The van der Waals surface area contributed by atoms with Crippen LogP contribution in [0.1, 0.15) is 32.8 Å². The summed E-state index contributed by atoms with van der Waals surface area (Å²) in [6.45, 7) is 4.36. The summed E-state index contributed by atoms with van der Waals surface area (Å²) in [5, 5.41) is 13.5. The van der Waals surface area contributed by atoms with Crippen LogP contribution in [-0.2, 0) is 14.3 Å². The topological polar surface area (TPSA) is 79.2 Å². The maximum absolute atomic E-state index is 13.4. The van der Waals surface area contributed by atoms with Crippen molar-refractivity contribution in [2.24, 2.45) is 5.10 Å². The van der Waals surface area contributed by atoms with Crippen molar-refractivity contribution in [1.29, 1.82) is 0 Å². The fourth-order valence-corrected chi connectivity index (χ4v) is 2.46. The monoisotopic (exact) mass is 436 g/mol. The molecule has 0 saturated carbocycles. The first-order valence-electron chi connectivity index (χ1n) is 7.45. The normalized spacial score (nSPS) is 20.8. The molecule has 1 aliphatic heterocycles. The highest BCUT2D eigenvalue weighted by Crippen LogP contribution is 2.41. The molecule has 0 aliphatic carbocycles. The number of carbonyl (C=O) groups excluding carboxylic acids is 2. The van der Waals surface area contributed by atoms with E-state index in [4.69, 9.17) is 4.74 Å². The molecule has 142 valence electrons. The number of hydrogen-bond acceptors (Lipinski definition) is 5. The lowest BCUT2D eigenvalue weighted by Gasteiger charge is -2.32. The van der Waals surface area contributed by atoms with Crippen molar-refractivity contribution >= 4 is 33.5 Å². The number of hydrogen-bond donors (Lipinski definition) is 1. The fraction of sp³-hybridized carbons (Fsp3) is 0.438. The number of amides is 1. The summed E-state index contributed by atoms with van der Waals surface area (Å²) < 4.78 is 45.8. The quantitative estimate of drug-likeness (QED) is 0.542. The number of esters is 1. The Morgan fingerprint density at radius 2 is 1.77 bits per heavy atom. The number of alkyl halides is 3. The van der Waals surface area contributed by atoms with E-state index in [9.17, 15) is 27.9 Å². The lowest BCUT2D eigenvalue weighted by molar-refractivity contribution is -0.302. The van der Waals surface area contributed by atoms with Gasteiger partial charge in [-0.05, 0) is 38.5 Å². The summed E-state index contributed by atoms with van der Waals surface area (Å²) >= 11 is 3.20. The van der Waals surface area contributed by atoms with Gasteiger partial charge in [-0.15, -0.1) is 0 Å². The summed E-state index contributed by atoms with van der Waals surface area (Å²) in [5.41, 5.74) is -4.64. The van der Waals surface area contributed by atoms with Crippen molar-refractivity contribution in [3.05, 3.63) is 34.3 Å². The molecule has 26 heavy (non-hydrogen) atoms. The molecule has 1 aliphatic rings. The fourth-order valence-electron chi connectivity index (χ4n) is 2.19. The standard InChI is InChI=1S/C16H16BrF3N2O4/c1-14(2,3)26-13(24)12(23)22-15(25,16(18,19)20)8-11(21-22)9-4-6-10(17)7-5-9/h4-7,25H,8H2,1-3H3/t15-/m0/s1. The molecule has 0 unspecified atom stereocenters. The van der Waals surface area contributed by atoms with Gasteiger partial charge in [0.1, 0.15) is 5.60 Å². The van der Waals surface area contributed by atoms with Gasteiger partial charge < -0.3 is 9.84 Å². The molecule has 0 aromatic heterocycles. The predicted octanol–water partition coefficient (Wildman–Crippen LogP) is 2.98. The molecule has 0 fully saturated rings. The summed E-state index contributed by atoms with van der Waals surface area (Å²) in [6.07, 6.45) is -6.24. The summed E-state index contributed by atoms with van der Waals surface area (Å²) in [6, 6.07) is 6.09. The van der Waals surface area contributed by atoms with E-state index >= 15 is 0 Å². The summed E-state index contributed by atoms with van der Waals surface area (Å²) in [7, 11) is 0. The smallest absolute Gasteiger partial charge is 0.438 e. The van der Waals surface area contributed by atoms with Crippen LogP contribution in [0.15, 0.2) is 33.8 Å². The first-order valence-corrected chi connectivity index (χ1v) is 8.24. The third kappa shape index (κ3) is 4.07. The number of rotatable bonds is 1. The number of hydrazone groups is 1. The van der Waals surface area contributed by atoms with Crippen LogP contribution in [0.25, 0.3) is 0 Å². The predicted molar refractivity (Wildman–Crippen MR) is 89.0 cm³/mol. The molecule has 1 atom stereocenters. The highest BCUT2D eigenvalue weighted by atomic mass is 79.9. The van der Waals surface area contributed by atoms with Crippen LogP contribution in [0, 0.1) is 0 Å². The van der Waals surface area contributed by atoms with E-state index in [1.54, 1.807) is 12.1 Å². The van der Waals surface area contributed by atoms with Gasteiger partial charge in [0, 0.05) is 4.47 Å². The molecular formula is C16H16BrF3N2O4. The molecule has 1 amide bonds. The third-order valence-electron chi connectivity index (χ3n) is 3.38. The Morgan fingerprint density at radius 3 is 2.23 bits per heavy atom. The highest BCUT2D eigenvalue weighted by molar-refractivity contribution is 9.10. The lowest BCUT2D eigenvalue weighted by Crippen LogP contribution is -2.58. The minimum atomic E-state index is -5.23. The zero-order valence-corrected chi connectivity index (χ0v) is 15.7. The molecular weight excluding hydrogens is 421 g/mol. The van der Waals surface area contributed by atoms with Crippen molar-refractivity contribution < 1.29 is 32.6 Å². The van der Waals surface area contributed by atoms with E-state index in [-0.39, 0.29) is 16.3 Å². The van der Waals surface area contributed by atoms with Crippen LogP contribution in [0.5, 0.6) is 0 Å². The second kappa shape index (κ2) is 6.66. The third-order valence-corrected chi connectivity index (χ3v) is 3.91. The van der Waals surface area contributed by atoms with Crippen LogP contribution in [0.3, 0.4) is 0 Å². The van der Waals surface area contributed by atoms with Gasteiger partial charge in [0.2, 0.25) is 0 Å². The van der Waals surface area contributed by atoms with Crippen LogP contribution in [0.4, 0.5) is 13.2 Å². The van der Waals surface area contributed by atoms with Crippen LogP contribution >= 0.6 is 15.9 Å². The zero-order chi connectivity index (χ0) is 19.9. The van der Waals surface area contributed by atoms with E-state index in [0.29, 0.717) is 4.47 Å². The van der Waals surface area contributed by atoms with Gasteiger partial charge >= 0.3 is 18.1 Å². The average molecular weight is 437 g/mol. The first kappa shape index (κ1) is 20.4. The Morgan fingerprint density at radius 1 is 1.23 bits per heavy atom. The Hall–Kier alpha value is -1.94. The Labute approximate surface area is 155 Å². The lowest BCUT2D eigenvalue weighted by atomic mass is 10.0. The van der Waals surface area contributed by atoms with Gasteiger partial charge in [-0.2, -0.15) is 23.3 Å². The maximum Gasteiger partial charge on any atom is 0.438 e. The van der Waals surface area contributed by atoms with E-state index < -0.39 is 35.8 Å². The molecule has 6 nitrogen and oxygen atoms in total. The largest absolute Gasteiger partial charge is 0.453 e. The molecule has 1 heterocycles. The average Bonchev–Trinajstić information content (AvgIpc) is 2.84. The molecule has 2 rings (SSSR count). The van der Waals surface area contributed by atoms with E-state index in [1.807, 2.05) is 0 Å². The Bertz CT molecular complexity index is 756. The van der Waals surface area contributed by atoms with Gasteiger partial charge in [0.25, 0.3) is 5.72 Å². The molecule has 0 spiro atoms. The first-order chi connectivity index (χ1) is 11.7. The van der Waals surface area contributed by atoms with Crippen molar-refractivity contribution in [3.63, 3.8) is 0 Å².